The van der Waals surface area contributed by atoms with E-state index >= 15 is 0 Å². The summed E-state index contributed by atoms with van der Waals surface area (Å²) < 4.78 is 27.0. The SMILES string of the molecule is Bc1cncc2c(Nc3ccc(I)cc3F)c(C3=NC(C)(C)CO3)oc12. The van der Waals surface area contributed by atoms with Gasteiger partial charge in [0.2, 0.25) is 5.76 Å². The van der Waals surface area contributed by atoms with Crippen LogP contribution in [0.3, 0.4) is 0 Å². The summed E-state index contributed by atoms with van der Waals surface area (Å²) in [6.45, 7) is 4.44. The number of fused-ring (bicyclic) bond motifs is 1. The molecule has 0 bridgehead atoms. The van der Waals surface area contributed by atoms with Crippen molar-refractivity contribution in [2.24, 2.45) is 4.99 Å². The van der Waals surface area contributed by atoms with Crippen LogP contribution >= 0.6 is 22.6 Å². The first-order chi connectivity index (χ1) is 12.3. The molecule has 0 amide bonds. The molecule has 0 radical (unpaired) electrons. The largest absolute Gasteiger partial charge is 0.473 e. The number of halogens is 2. The molecule has 26 heavy (non-hydrogen) atoms. The predicted molar refractivity (Wildman–Crippen MR) is 111 cm³/mol. The number of nitrogens with one attached hydrogen (secondary N) is 1. The van der Waals surface area contributed by atoms with Crippen LogP contribution in [0.1, 0.15) is 19.6 Å². The Morgan fingerprint density at radius 3 is 2.81 bits per heavy atom. The molecule has 8 heteroatoms. The van der Waals surface area contributed by atoms with E-state index in [1.807, 2.05) is 27.8 Å². The summed E-state index contributed by atoms with van der Waals surface area (Å²) in [6.07, 6.45) is 3.43. The number of nitrogens with zero attached hydrogens (tertiary/aromatic N) is 2. The number of rotatable bonds is 3. The van der Waals surface area contributed by atoms with Gasteiger partial charge in [0.05, 0.1) is 16.6 Å². The Kier molecular flexibility index (Phi) is 4.17. The second-order valence-corrected chi connectivity index (χ2v) is 8.15. The van der Waals surface area contributed by atoms with Crippen LogP contribution in [0.2, 0.25) is 0 Å². The zero-order valence-corrected chi connectivity index (χ0v) is 16.7. The molecule has 2 aromatic heterocycles. The first-order valence-corrected chi connectivity index (χ1v) is 9.24. The van der Waals surface area contributed by atoms with E-state index in [1.165, 1.54) is 6.07 Å². The highest BCUT2D eigenvalue weighted by Crippen LogP contribution is 2.35. The first-order valence-electron chi connectivity index (χ1n) is 8.16. The third-order valence-corrected chi connectivity index (χ3v) is 4.80. The van der Waals surface area contributed by atoms with Crippen LogP contribution in [-0.4, -0.2) is 30.9 Å². The molecule has 0 saturated carbocycles. The van der Waals surface area contributed by atoms with Crippen molar-refractivity contribution in [2.75, 3.05) is 11.9 Å². The van der Waals surface area contributed by atoms with Gasteiger partial charge in [0.1, 0.15) is 31.5 Å². The molecule has 4 rings (SSSR count). The van der Waals surface area contributed by atoms with Gasteiger partial charge >= 0.3 is 0 Å². The lowest BCUT2D eigenvalue weighted by atomic mass is 9.97. The molecule has 0 spiro atoms. The van der Waals surface area contributed by atoms with Gasteiger partial charge in [-0.1, -0.05) is 0 Å². The Bertz CT molecular complexity index is 1050. The van der Waals surface area contributed by atoms with Crippen LogP contribution in [0.15, 0.2) is 40.0 Å². The minimum atomic E-state index is -0.340. The summed E-state index contributed by atoms with van der Waals surface area (Å²) in [4.78, 5) is 8.84. The number of benzene rings is 1. The maximum atomic E-state index is 14.4. The molecule has 132 valence electrons. The number of pyridine rings is 1. The second-order valence-electron chi connectivity index (χ2n) is 6.91. The molecule has 3 heterocycles. The monoisotopic (exact) mass is 463 g/mol. The standard InChI is InChI=1S/C18H16BFIN3O2/c1-18(2)8-25-17(24-18)16-14(10-6-22-7-11(19)15(10)26-16)23-13-4-3-9(21)5-12(13)20/h3-7,23H,8,19H2,1-2H3. The molecule has 3 aromatic rings. The Hall–Kier alpha value is -2.10. The summed E-state index contributed by atoms with van der Waals surface area (Å²) in [7, 11) is 1.92. The molecule has 5 nitrogen and oxygen atoms in total. The lowest BCUT2D eigenvalue weighted by Crippen LogP contribution is -2.17. The average Bonchev–Trinajstić information content (AvgIpc) is 3.11. The van der Waals surface area contributed by atoms with E-state index in [2.05, 4.69) is 37.9 Å². The van der Waals surface area contributed by atoms with Crippen molar-refractivity contribution in [2.45, 2.75) is 19.4 Å². The lowest BCUT2D eigenvalue weighted by Gasteiger charge is -2.08. The molecule has 1 aliphatic rings. The highest BCUT2D eigenvalue weighted by molar-refractivity contribution is 14.1. The third-order valence-electron chi connectivity index (χ3n) is 4.13. The molecule has 0 atom stereocenters. The van der Waals surface area contributed by atoms with Crippen molar-refractivity contribution < 1.29 is 13.5 Å². The minimum absolute atomic E-state index is 0.326. The highest BCUT2D eigenvalue weighted by atomic mass is 127. The quantitative estimate of drug-likeness (QED) is 0.480. The predicted octanol–water partition coefficient (Wildman–Crippen LogP) is 3.13. The summed E-state index contributed by atoms with van der Waals surface area (Å²) in [5.74, 6) is 0.533. The van der Waals surface area contributed by atoms with Gasteiger partial charge in [-0.2, -0.15) is 0 Å². The van der Waals surface area contributed by atoms with Crippen LogP contribution in [-0.2, 0) is 4.74 Å². The van der Waals surface area contributed by atoms with Gasteiger partial charge in [0, 0.05) is 16.0 Å². The average molecular weight is 463 g/mol. The van der Waals surface area contributed by atoms with Crippen molar-refractivity contribution in [3.63, 3.8) is 0 Å². The van der Waals surface area contributed by atoms with Crippen molar-refractivity contribution in [3.05, 3.63) is 45.7 Å². The van der Waals surface area contributed by atoms with Crippen molar-refractivity contribution in [1.82, 2.24) is 4.98 Å². The fourth-order valence-corrected chi connectivity index (χ4v) is 3.30. The molecule has 0 fully saturated rings. The van der Waals surface area contributed by atoms with Gasteiger partial charge in [-0.15, -0.1) is 0 Å². The maximum absolute atomic E-state index is 14.4. The topological polar surface area (TPSA) is 59.7 Å². The van der Waals surface area contributed by atoms with E-state index in [9.17, 15) is 4.39 Å². The van der Waals surface area contributed by atoms with Crippen molar-refractivity contribution >= 4 is 64.1 Å². The van der Waals surface area contributed by atoms with Crippen LogP contribution in [0.4, 0.5) is 15.8 Å². The Balaban J connectivity index is 1.89. The fourth-order valence-electron chi connectivity index (χ4n) is 2.84. The Morgan fingerprint density at radius 1 is 1.31 bits per heavy atom. The molecule has 0 unspecified atom stereocenters. The van der Waals surface area contributed by atoms with E-state index in [1.54, 1.807) is 18.5 Å². The van der Waals surface area contributed by atoms with Crippen molar-refractivity contribution in [1.29, 1.82) is 0 Å². The van der Waals surface area contributed by atoms with Crippen LogP contribution in [0, 0.1) is 9.39 Å². The van der Waals surface area contributed by atoms with Gasteiger partial charge < -0.3 is 14.5 Å². The summed E-state index contributed by atoms with van der Waals surface area (Å²) in [5.41, 5.74) is 2.20. The Morgan fingerprint density at radius 2 is 2.12 bits per heavy atom. The smallest absolute Gasteiger partial charge is 0.256 e. The van der Waals surface area contributed by atoms with E-state index in [4.69, 9.17) is 9.15 Å². The number of aromatic nitrogens is 1. The van der Waals surface area contributed by atoms with Gasteiger partial charge in [-0.05, 0) is 60.1 Å². The number of hydrogen-bond acceptors (Lipinski definition) is 5. The first kappa shape index (κ1) is 17.3. The number of ether oxygens (including phenoxy) is 1. The molecule has 1 aromatic carbocycles. The minimum Gasteiger partial charge on any atom is -0.473 e. The van der Waals surface area contributed by atoms with E-state index in [0.29, 0.717) is 35.2 Å². The Labute approximate surface area is 164 Å². The van der Waals surface area contributed by atoms with Gasteiger partial charge in [0.15, 0.2) is 0 Å². The normalized spacial score (nSPS) is 15.8. The van der Waals surface area contributed by atoms with Crippen LogP contribution in [0.25, 0.3) is 11.0 Å². The van der Waals surface area contributed by atoms with Crippen LogP contribution < -0.4 is 10.8 Å². The molecule has 0 saturated heterocycles. The molecular formula is C18H16BFIN3O2. The lowest BCUT2D eigenvalue weighted by molar-refractivity contribution is 0.276. The van der Waals surface area contributed by atoms with Crippen LogP contribution in [0.5, 0.6) is 0 Å². The summed E-state index contributed by atoms with van der Waals surface area (Å²) >= 11 is 2.08. The van der Waals surface area contributed by atoms with Gasteiger partial charge in [-0.25, -0.2) is 9.38 Å². The van der Waals surface area contributed by atoms with E-state index < -0.39 is 0 Å². The summed E-state index contributed by atoms with van der Waals surface area (Å²) in [5, 5.41) is 3.91. The molecule has 1 aliphatic heterocycles. The third kappa shape index (κ3) is 3.06. The molecule has 0 aliphatic carbocycles. The van der Waals surface area contributed by atoms with Gasteiger partial charge in [-0.3, -0.25) is 4.98 Å². The highest BCUT2D eigenvalue weighted by Gasteiger charge is 2.32. The maximum Gasteiger partial charge on any atom is 0.256 e. The second kappa shape index (κ2) is 6.26. The van der Waals surface area contributed by atoms with Gasteiger partial charge in [0.25, 0.3) is 5.90 Å². The zero-order valence-electron chi connectivity index (χ0n) is 14.6. The molecule has 1 N–H and O–H groups in total. The van der Waals surface area contributed by atoms with E-state index in [-0.39, 0.29) is 11.4 Å². The summed E-state index contributed by atoms with van der Waals surface area (Å²) in [6, 6.07) is 5.01. The molecular weight excluding hydrogens is 447 g/mol. The number of furan rings is 1. The number of anilines is 2. The number of aliphatic imine (C=N–C) groups is 1. The zero-order chi connectivity index (χ0) is 18.5. The van der Waals surface area contributed by atoms with Crippen molar-refractivity contribution in [3.8, 4) is 0 Å². The fraction of sp³-hybridized carbons (Fsp3) is 0.222. The van der Waals surface area contributed by atoms with E-state index in [0.717, 1.165) is 14.4 Å². The number of hydrogen-bond donors (Lipinski definition) is 1.